The number of fused-ring (bicyclic) bond motifs is 4. The van der Waals surface area contributed by atoms with Crippen LogP contribution in [0, 0.1) is 0 Å². The molecule has 6 nitrogen and oxygen atoms in total. The summed E-state index contributed by atoms with van der Waals surface area (Å²) in [5, 5.41) is 7.09. The van der Waals surface area contributed by atoms with Crippen LogP contribution >= 0.6 is 0 Å². The molecule has 6 rings (SSSR count). The fraction of sp³-hybridized carbons (Fsp3) is 0.286. The third-order valence-corrected chi connectivity index (χ3v) is 8.62. The highest BCUT2D eigenvalue weighted by molar-refractivity contribution is 6.27. The molecule has 0 aliphatic carbocycles. The predicted molar refractivity (Wildman–Crippen MR) is 194 cm³/mol. The summed E-state index contributed by atoms with van der Waals surface area (Å²) in [7, 11) is 0. The Balaban J connectivity index is 1.76. The maximum Gasteiger partial charge on any atom is 0.513 e. The molecule has 0 unspecified atom stereocenters. The van der Waals surface area contributed by atoms with Crippen LogP contribution in [0.15, 0.2) is 84.9 Å². The van der Waals surface area contributed by atoms with Gasteiger partial charge in [0.15, 0.2) is 0 Å². The number of carbonyl (C=O) groups is 2. The highest BCUT2D eigenvalue weighted by Gasteiger charge is 2.25. The number of hydrogen-bond donors (Lipinski definition) is 0. The van der Waals surface area contributed by atoms with Crippen molar-refractivity contribution in [1.29, 1.82) is 0 Å². The molecule has 0 heterocycles. The van der Waals surface area contributed by atoms with Crippen molar-refractivity contribution in [2.75, 3.05) is 13.2 Å². The third-order valence-electron chi connectivity index (χ3n) is 8.62. The van der Waals surface area contributed by atoms with Gasteiger partial charge >= 0.3 is 12.3 Å². The Labute approximate surface area is 281 Å². The van der Waals surface area contributed by atoms with Crippen LogP contribution < -0.4 is 9.47 Å². The molecule has 0 fully saturated rings. The molecule has 0 aromatic heterocycles. The van der Waals surface area contributed by atoms with Gasteiger partial charge in [-0.2, -0.15) is 0 Å². The average Bonchev–Trinajstić information content (AvgIpc) is 3.10. The summed E-state index contributed by atoms with van der Waals surface area (Å²) in [5.41, 5.74) is 4.45. The molecule has 0 bridgehead atoms. The largest absolute Gasteiger partial charge is 0.513 e. The van der Waals surface area contributed by atoms with Gasteiger partial charge in [0, 0.05) is 21.5 Å². The molecule has 0 aliphatic heterocycles. The topological polar surface area (TPSA) is 71.1 Å². The molecular weight excluding hydrogens is 600 g/mol. The maximum atomic E-state index is 12.9. The minimum atomic E-state index is -0.717. The lowest BCUT2D eigenvalue weighted by atomic mass is 9.84. The van der Waals surface area contributed by atoms with Gasteiger partial charge in [0.2, 0.25) is 0 Å². The average molecular weight is 643 g/mol. The van der Waals surface area contributed by atoms with Gasteiger partial charge in [0.1, 0.15) is 11.5 Å². The highest BCUT2D eigenvalue weighted by Crippen LogP contribution is 2.50. The van der Waals surface area contributed by atoms with E-state index in [9.17, 15) is 9.59 Å². The van der Waals surface area contributed by atoms with E-state index in [1.807, 2.05) is 50.2 Å². The molecule has 0 saturated carbocycles. The van der Waals surface area contributed by atoms with E-state index < -0.39 is 12.3 Å². The maximum absolute atomic E-state index is 12.9. The Bertz CT molecular complexity index is 1980. The van der Waals surface area contributed by atoms with Crippen LogP contribution in [0.3, 0.4) is 0 Å². The van der Waals surface area contributed by atoms with Crippen molar-refractivity contribution in [3.63, 3.8) is 0 Å². The third kappa shape index (κ3) is 6.40. The minimum absolute atomic E-state index is 0.284. The summed E-state index contributed by atoms with van der Waals surface area (Å²) in [6.07, 6.45) is 3.77. The Morgan fingerprint density at radius 3 is 1.21 bits per heavy atom. The predicted octanol–water partition coefficient (Wildman–Crippen LogP) is 11.7. The van der Waals surface area contributed by atoms with E-state index in [0.29, 0.717) is 24.3 Å². The van der Waals surface area contributed by atoms with E-state index in [1.165, 1.54) is 11.1 Å². The molecule has 48 heavy (non-hydrogen) atoms. The van der Waals surface area contributed by atoms with Crippen molar-refractivity contribution >= 4 is 55.4 Å². The second-order valence-electron chi connectivity index (χ2n) is 12.2. The van der Waals surface area contributed by atoms with Crippen molar-refractivity contribution in [2.45, 2.75) is 66.2 Å². The first kappa shape index (κ1) is 32.8. The zero-order valence-electron chi connectivity index (χ0n) is 28.2. The highest BCUT2D eigenvalue weighted by atomic mass is 16.7. The van der Waals surface area contributed by atoms with Crippen LogP contribution in [-0.4, -0.2) is 25.5 Å². The first-order valence-electron chi connectivity index (χ1n) is 17.1. The number of aryl methyl sites for hydroxylation is 2. The van der Waals surface area contributed by atoms with Crippen LogP contribution in [0.4, 0.5) is 9.59 Å². The molecule has 0 amide bonds. The van der Waals surface area contributed by atoms with Crippen molar-refractivity contribution in [2.24, 2.45) is 0 Å². The second-order valence-corrected chi connectivity index (χ2v) is 12.2. The van der Waals surface area contributed by atoms with Crippen LogP contribution in [0.1, 0.15) is 64.5 Å². The molecule has 0 spiro atoms. The quantitative estimate of drug-likeness (QED) is 0.0795. The first-order valence-corrected chi connectivity index (χ1v) is 17.1. The van der Waals surface area contributed by atoms with E-state index in [0.717, 1.165) is 79.9 Å². The lowest BCUT2D eigenvalue weighted by Crippen LogP contribution is -2.12. The monoisotopic (exact) mass is 642 g/mol. The Morgan fingerprint density at radius 2 is 0.833 bits per heavy atom. The summed E-state index contributed by atoms with van der Waals surface area (Å²) in [6.45, 7) is 8.81. The van der Waals surface area contributed by atoms with Gasteiger partial charge in [-0.3, -0.25) is 0 Å². The fourth-order valence-electron chi connectivity index (χ4n) is 6.61. The van der Waals surface area contributed by atoms with Crippen molar-refractivity contribution in [3.05, 3.63) is 96.1 Å². The van der Waals surface area contributed by atoms with Crippen LogP contribution in [0.25, 0.3) is 54.2 Å². The molecule has 0 aliphatic rings. The van der Waals surface area contributed by atoms with Gasteiger partial charge in [-0.1, -0.05) is 125 Å². The van der Waals surface area contributed by atoms with Crippen LogP contribution in [0.2, 0.25) is 0 Å². The van der Waals surface area contributed by atoms with Gasteiger partial charge in [-0.25, -0.2) is 9.59 Å². The molecule has 0 saturated heterocycles. The number of benzene rings is 6. The lowest BCUT2D eigenvalue weighted by Gasteiger charge is -2.22. The number of carbonyl (C=O) groups excluding carboxylic acids is 2. The zero-order valence-corrected chi connectivity index (χ0v) is 28.2. The SMILES string of the molecule is CCCOC(=O)Oc1c2ccccc2c(-c2c3ccccc3c(OC(=O)OCCC)c3ccc(CCC)cc23)c2cc(CCC)ccc12. The number of ether oxygens (including phenoxy) is 4. The zero-order chi connectivity index (χ0) is 33.6. The molecule has 6 heteroatoms. The van der Waals surface area contributed by atoms with Crippen molar-refractivity contribution in [1.82, 2.24) is 0 Å². The van der Waals surface area contributed by atoms with E-state index in [2.05, 4.69) is 62.4 Å². The van der Waals surface area contributed by atoms with E-state index in [-0.39, 0.29) is 13.2 Å². The number of hydrogen-bond acceptors (Lipinski definition) is 6. The molecule has 0 radical (unpaired) electrons. The molecule has 246 valence electrons. The fourth-order valence-corrected chi connectivity index (χ4v) is 6.61. The van der Waals surface area contributed by atoms with Gasteiger partial charge in [0.05, 0.1) is 13.2 Å². The smallest absolute Gasteiger partial charge is 0.434 e. The summed E-state index contributed by atoms with van der Waals surface area (Å²) in [4.78, 5) is 25.9. The summed E-state index contributed by atoms with van der Waals surface area (Å²) < 4.78 is 22.8. The number of rotatable bonds is 11. The van der Waals surface area contributed by atoms with Gasteiger partial charge in [-0.05, 0) is 69.5 Å². The van der Waals surface area contributed by atoms with Gasteiger partial charge < -0.3 is 18.9 Å². The van der Waals surface area contributed by atoms with E-state index >= 15 is 0 Å². The van der Waals surface area contributed by atoms with E-state index in [4.69, 9.17) is 18.9 Å². The molecule has 0 atom stereocenters. The minimum Gasteiger partial charge on any atom is -0.434 e. The van der Waals surface area contributed by atoms with Gasteiger partial charge in [0.25, 0.3) is 0 Å². The summed E-state index contributed by atoms with van der Waals surface area (Å²) in [6, 6.07) is 28.9. The summed E-state index contributed by atoms with van der Waals surface area (Å²) >= 11 is 0. The van der Waals surface area contributed by atoms with Crippen molar-refractivity contribution in [3.8, 4) is 22.6 Å². The molecular formula is C42H42O6. The Hall–Kier alpha value is -5.10. The lowest BCUT2D eigenvalue weighted by molar-refractivity contribution is 0.0991. The van der Waals surface area contributed by atoms with E-state index in [1.54, 1.807) is 0 Å². The van der Waals surface area contributed by atoms with Crippen molar-refractivity contribution < 1.29 is 28.5 Å². The normalized spacial score (nSPS) is 11.3. The van der Waals surface area contributed by atoms with Crippen LogP contribution in [-0.2, 0) is 22.3 Å². The Kier molecular flexibility index (Phi) is 10.1. The standard InChI is InChI=1S/C42H42O6/c1-5-13-27-19-21-33-35(25-27)37(29-15-9-11-17-31(29)39(33)47-41(43)45-23-7-3)38-30-16-10-12-18-32(30)40(48-42(44)46-24-8-4)34-22-20-28(14-6-2)26-36(34)38/h9-12,15-22,25-26H,5-8,13-14,23-24H2,1-4H3. The van der Waals surface area contributed by atoms with Gasteiger partial charge in [-0.15, -0.1) is 0 Å². The summed E-state index contributed by atoms with van der Waals surface area (Å²) in [5.74, 6) is 0.958. The molecule has 6 aromatic rings. The van der Waals surface area contributed by atoms with Crippen LogP contribution in [0.5, 0.6) is 11.5 Å². The second kappa shape index (κ2) is 14.8. The first-order chi connectivity index (χ1) is 23.5. The molecule has 6 aromatic carbocycles. The Morgan fingerprint density at radius 1 is 0.458 bits per heavy atom. The molecule has 0 N–H and O–H groups in total.